The van der Waals surface area contributed by atoms with Crippen molar-refractivity contribution in [2.24, 2.45) is 0 Å². The van der Waals surface area contributed by atoms with Crippen molar-refractivity contribution in [3.63, 3.8) is 0 Å². The molecule has 1 aliphatic rings. The van der Waals surface area contributed by atoms with E-state index in [-0.39, 0.29) is 0 Å². The van der Waals surface area contributed by atoms with E-state index in [1.807, 2.05) is 31.7 Å². The number of nitrogens with zero attached hydrogens (tertiary/aromatic N) is 3. The Morgan fingerprint density at radius 3 is 2.95 bits per heavy atom. The highest BCUT2D eigenvalue weighted by Gasteiger charge is 2.25. The molecule has 0 unspecified atom stereocenters. The maximum absolute atomic E-state index is 5.76. The normalized spacial score (nSPS) is 14.6. The molecule has 0 atom stereocenters. The SMILES string of the molecule is CNCc1ccc(OCc2cncn2C2CC2)cn1. The van der Waals surface area contributed by atoms with Crippen molar-refractivity contribution in [2.45, 2.75) is 32.0 Å². The molecule has 0 aromatic carbocycles. The number of aromatic nitrogens is 3. The van der Waals surface area contributed by atoms with Crippen LogP contribution in [-0.2, 0) is 13.2 Å². The molecule has 0 saturated heterocycles. The number of ether oxygens (including phenoxy) is 1. The lowest BCUT2D eigenvalue weighted by molar-refractivity contribution is 0.293. The first-order chi connectivity index (χ1) is 9.36. The molecule has 1 aliphatic carbocycles. The van der Waals surface area contributed by atoms with Crippen LogP contribution in [0.4, 0.5) is 0 Å². The summed E-state index contributed by atoms with van der Waals surface area (Å²) in [4.78, 5) is 8.52. The van der Waals surface area contributed by atoms with Crippen LogP contribution < -0.4 is 10.1 Å². The lowest BCUT2D eigenvalue weighted by atomic mass is 10.3. The van der Waals surface area contributed by atoms with Crippen molar-refractivity contribution in [3.05, 3.63) is 42.2 Å². The van der Waals surface area contributed by atoms with Gasteiger partial charge in [-0.25, -0.2) is 4.98 Å². The maximum atomic E-state index is 5.76. The summed E-state index contributed by atoms with van der Waals surface area (Å²) in [6.45, 7) is 1.32. The molecule has 19 heavy (non-hydrogen) atoms. The van der Waals surface area contributed by atoms with Crippen molar-refractivity contribution in [2.75, 3.05) is 7.05 Å². The number of hydrogen-bond donors (Lipinski definition) is 1. The van der Waals surface area contributed by atoms with Gasteiger partial charge in [0.05, 0.1) is 30.1 Å². The summed E-state index contributed by atoms with van der Waals surface area (Å²) in [7, 11) is 1.91. The van der Waals surface area contributed by atoms with Crippen LogP contribution in [0.2, 0.25) is 0 Å². The summed E-state index contributed by atoms with van der Waals surface area (Å²) in [5.41, 5.74) is 2.14. The van der Waals surface area contributed by atoms with Crippen LogP contribution in [0.25, 0.3) is 0 Å². The van der Waals surface area contributed by atoms with E-state index in [1.165, 1.54) is 12.8 Å². The smallest absolute Gasteiger partial charge is 0.138 e. The number of pyridine rings is 1. The van der Waals surface area contributed by atoms with Gasteiger partial charge in [-0.15, -0.1) is 0 Å². The Labute approximate surface area is 112 Å². The Morgan fingerprint density at radius 1 is 1.37 bits per heavy atom. The summed E-state index contributed by atoms with van der Waals surface area (Å²) in [5, 5.41) is 3.07. The lowest BCUT2D eigenvalue weighted by Crippen LogP contribution is -2.07. The molecule has 1 saturated carbocycles. The Bertz CT molecular complexity index is 531. The third-order valence-corrected chi connectivity index (χ3v) is 3.23. The zero-order chi connectivity index (χ0) is 13.1. The molecule has 0 amide bonds. The van der Waals surface area contributed by atoms with Crippen LogP contribution >= 0.6 is 0 Å². The number of rotatable bonds is 6. The molecule has 3 rings (SSSR count). The van der Waals surface area contributed by atoms with Gasteiger partial charge in [0, 0.05) is 12.6 Å². The standard InChI is InChI=1S/C14H18N4O/c1-15-6-11-2-5-14(8-17-11)19-9-13-7-16-10-18(13)12-3-4-12/h2,5,7-8,10,12,15H,3-4,6,9H2,1H3. The number of imidazole rings is 1. The second-order valence-electron chi connectivity index (χ2n) is 4.83. The van der Waals surface area contributed by atoms with Crippen LogP contribution in [-0.4, -0.2) is 21.6 Å². The zero-order valence-corrected chi connectivity index (χ0v) is 11.0. The van der Waals surface area contributed by atoms with Crippen molar-refractivity contribution in [3.8, 4) is 5.75 Å². The molecule has 100 valence electrons. The van der Waals surface area contributed by atoms with Gasteiger partial charge in [0.25, 0.3) is 0 Å². The second-order valence-corrected chi connectivity index (χ2v) is 4.83. The third kappa shape index (κ3) is 2.93. The van der Waals surface area contributed by atoms with E-state index >= 15 is 0 Å². The fourth-order valence-electron chi connectivity index (χ4n) is 2.06. The predicted molar refractivity (Wildman–Crippen MR) is 71.8 cm³/mol. The zero-order valence-electron chi connectivity index (χ0n) is 11.0. The van der Waals surface area contributed by atoms with Gasteiger partial charge in [-0.1, -0.05) is 0 Å². The van der Waals surface area contributed by atoms with Gasteiger partial charge in [-0.2, -0.15) is 0 Å². The van der Waals surface area contributed by atoms with Gasteiger partial charge < -0.3 is 14.6 Å². The number of nitrogens with one attached hydrogen (secondary N) is 1. The van der Waals surface area contributed by atoms with Gasteiger partial charge in [-0.3, -0.25) is 4.98 Å². The van der Waals surface area contributed by atoms with Crippen LogP contribution in [0.5, 0.6) is 5.75 Å². The average molecular weight is 258 g/mol. The van der Waals surface area contributed by atoms with E-state index in [1.54, 1.807) is 6.20 Å². The van der Waals surface area contributed by atoms with E-state index in [2.05, 4.69) is 19.9 Å². The number of hydrogen-bond acceptors (Lipinski definition) is 4. The molecule has 5 nitrogen and oxygen atoms in total. The average Bonchev–Trinajstić information content (AvgIpc) is 3.17. The molecular weight excluding hydrogens is 240 g/mol. The summed E-state index contributed by atoms with van der Waals surface area (Å²) >= 11 is 0. The van der Waals surface area contributed by atoms with Gasteiger partial charge >= 0.3 is 0 Å². The molecule has 1 fully saturated rings. The molecule has 2 aromatic heterocycles. The minimum absolute atomic E-state index is 0.545. The minimum atomic E-state index is 0.545. The predicted octanol–water partition coefficient (Wildman–Crippen LogP) is 1.91. The maximum Gasteiger partial charge on any atom is 0.138 e. The first kappa shape index (κ1) is 12.2. The van der Waals surface area contributed by atoms with E-state index in [4.69, 9.17) is 4.74 Å². The molecule has 2 heterocycles. The second kappa shape index (κ2) is 5.40. The van der Waals surface area contributed by atoms with Crippen LogP contribution in [0.15, 0.2) is 30.9 Å². The molecule has 2 aromatic rings. The third-order valence-electron chi connectivity index (χ3n) is 3.23. The summed E-state index contributed by atoms with van der Waals surface area (Å²) in [6, 6.07) is 4.57. The van der Waals surface area contributed by atoms with E-state index < -0.39 is 0 Å². The molecule has 5 heteroatoms. The first-order valence-corrected chi connectivity index (χ1v) is 6.60. The van der Waals surface area contributed by atoms with Crippen molar-refractivity contribution < 1.29 is 4.74 Å². The Kier molecular flexibility index (Phi) is 3.46. The summed E-state index contributed by atoms with van der Waals surface area (Å²) < 4.78 is 7.97. The van der Waals surface area contributed by atoms with Crippen molar-refractivity contribution in [1.29, 1.82) is 0 Å². The largest absolute Gasteiger partial charge is 0.486 e. The molecular formula is C14H18N4O. The summed E-state index contributed by atoms with van der Waals surface area (Å²) in [6.07, 6.45) is 8.05. The minimum Gasteiger partial charge on any atom is -0.486 e. The molecule has 0 radical (unpaired) electrons. The summed E-state index contributed by atoms with van der Waals surface area (Å²) in [5.74, 6) is 0.795. The van der Waals surface area contributed by atoms with E-state index in [0.29, 0.717) is 12.6 Å². The Hall–Kier alpha value is -1.88. The van der Waals surface area contributed by atoms with Crippen LogP contribution in [0, 0.1) is 0 Å². The first-order valence-electron chi connectivity index (χ1n) is 6.60. The molecule has 0 bridgehead atoms. The molecule has 0 aliphatic heterocycles. The topological polar surface area (TPSA) is 52.0 Å². The van der Waals surface area contributed by atoms with Crippen molar-refractivity contribution >= 4 is 0 Å². The van der Waals surface area contributed by atoms with E-state index in [0.717, 1.165) is 23.7 Å². The quantitative estimate of drug-likeness (QED) is 0.860. The Balaban J connectivity index is 1.60. The van der Waals surface area contributed by atoms with Gasteiger partial charge in [0.1, 0.15) is 12.4 Å². The highest BCUT2D eigenvalue weighted by atomic mass is 16.5. The molecule has 1 N–H and O–H groups in total. The van der Waals surface area contributed by atoms with Gasteiger partial charge in [-0.05, 0) is 32.0 Å². The fourth-order valence-corrected chi connectivity index (χ4v) is 2.06. The van der Waals surface area contributed by atoms with Crippen molar-refractivity contribution in [1.82, 2.24) is 19.9 Å². The monoisotopic (exact) mass is 258 g/mol. The van der Waals surface area contributed by atoms with Crippen LogP contribution in [0.3, 0.4) is 0 Å². The highest BCUT2D eigenvalue weighted by Crippen LogP contribution is 2.35. The lowest BCUT2D eigenvalue weighted by Gasteiger charge is -2.09. The Morgan fingerprint density at radius 2 is 2.26 bits per heavy atom. The van der Waals surface area contributed by atoms with Gasteiger partial charge in [0.15, 0.2) is 0 Å². The molecule has 0 spiro atoms. The van der Waals surface area contributed by atoms with Crippen LogP contribution in [0.1, 0.15) is 30.3 Å². The van der Waals surface area contributed by atoms with E-state index in [9.17, 15) is 0 Å². The fraction of sp³-hybridized carbons (Fsp3) is 0.429. The highest BCUT2D eigenvalue weighted by molar-refractivity contribution is 5.20. The van der Waals surface area contributed by atoms with Gasteiger partial charge in [0.2, 0.25) is 0 Å².